The molecule has 1 aromatic rings. The van der Waals surface area contributed by atoms with E-state index < -0.39 is 0 Å². The van der Waals surface area contributed by atoms with Crippen molar-refractivity contribution in [1.82, 2.24) is 10.6 Å². The Morgan fingerprint density at radius 1 is 1.18 bits per heavy atom. The molecule has 3 nitrogen and oxygen atoms in total. The number of rotatable bonds is 7. The summed E-state index contributed by atoms with van der Waals surface area (Å²) in [6.45, 7) is 4.61. The van der Waals surface area contributed by atoms with Crippen LogP contribution >= 0.6 is 23.2 Å². The van der Waals surface area contributed by atoms with Crippen LogP contribution in [0.4, 0.5) is 0 Å². The minimum absolute atomic E-state index is 0.312. The van der Waals surface area contributed by atoms with E-state index in [0.717, 1.165) is 18.7 Å². The van der Waals surface area contributed by atoms with Gasteiger partial charge in [0.05, 0.1) is 6.10 Å². The van der Waals surface area contributed by atoms with Gasteiger partial charge in [-0.25, -0.2) is 0 Å². The zero-order valence-electron chi connectivity index (χ0n) is 9.84. The molecule has 1 aromatic carbocycles. The highest BCUT2D eigenvalue weighted by Gasteiger charge is 2.04. The fourth-order valence-electron chi connectivity index (χ4n) is 1.40. The lowest BCUT2D eigenvalue weighted by Gasteiger charge is -2.10. The summed E-state index contributed by atoms with van der Waals surface area (Å²) < 4.78 is 0. The Morgan fingerprint density at radius 2 is 1.76 bits per heavy atom. The molecule has 5 heteroatoms. The van der Waals surface area contributed by atoms with Gasteiger partial charge >= 0.3 is 0 Å². The Hall–Kier alpha value is -0.320. The normalized spacial score (nSPS) is 12.7. The molecule has 0 radical (unpaired) electrons. The summed E-state index contributed by atoms with van der Waals surface area (Å²) in [6.07, 6.45) is -0.312. The van der Waals surface area contributed by atoms with Crippen molar-refractivity contribution in [3.63, 3.8) is 0 Å². The molecule has 1 rings (SSSR count). The van der Waals surface area contributed by atoms with Gasteiger partial charge < -0.3 is 15.7 Å². The van der Waals surface area contributed by atoms with Gasteiger partial charge in [0.2, 0.25) is 0 Å². The van der Waals surface area contributed by atoms with Crippen molar-refractivity contribution in [2.45, 2.75) is 19.6 Å². The van der Waals surface area contributed by atoms with Crippen LogP contribution in [0.15, 0.2) is 18.2 Å². The molecule has 0 saturated heterocycles. The molecule has 0 fully saturated rings. The van der Waals surface area contributed by atoms with Crippen LogP contribution in [-0.4, -0.2) is 30.8 Å². The van der Waals surface area contributed by atoms with Gasteiger partial charge in [0.1, 0.15) is 0 Å². The van der Waals surface area contributed by atoms with E-state index in [0.29, 0.717) is 23.1 Å². The molecule has 0 aromatic heterocycles. The highest BCUT2D eigenvalue weighted by Crippen LogP contribution is 2.23. The highest BCUT2D eigenvalue weighted by atomic mass is 35.5. The molecular weight excluding hydrogens is 259 g/mol. The van der Waals surface area contributed by atoms with Crippen LogP contribution in [0.1, 0.15) is 12.5 Å². The maximum atomic E-state index is 9.04. The number of hydrogen-bond acceptors (Lipinski definition) is 3. The smallest absolute Gasteiger partial charge is 0.0636 e. The SMILES string of the molecule is C[C@H](O)CNCCNCc1c(Cl)cccc1Cl. The Labute approximate surface area is 112 Å². The Kier molecular flexibility index (Phi) is 6.85. The summed E-state index contributed by atoms with van der Waals surface area (Å²) in [5.41, 5.74) is 0.923. The van der Waals surface area contributed by atoms with Crippen molar-refractivity contribution in [3.8, 4) is 0 Å². The van der Waals surface area contributed by atoms with Crippen LogP contribution in [0.2, 0.25) is 10.0 Å². The van der Waals surface area contributed by atoms with E-state index in [-0.39, 0.29) is 6.10 Å². The van der Waals surface area contributed by atoms with E-state index in [4.69, 9.17) is 28.3 Å². The quantitative estimate of drug-likeness (QED) is 0.668. The Balaban J connectivity index is 2.22. The molecule has 17 heavy (non-hydrogen) atoms. The van der Waals surface area contributed by atoms with Crippen molar-refractivity contribution >= 4 is 23.2 Å². The van der Waals surface area contributed by atoms with E-state index in [1.807, 2.05) is 18.2 Å². The molecule has 1 atom stereocenters. The van der Waals surface area contributed by atoms with Crippen LogP contribution in [0.5, 0.6) is 0 Å². The van der Waals surface area contributed by atoms with Crippen LogP contribution in [-0.2, 0) is 6.54 Å². The topological polar surface area (TPSA) is 44.3 Å². The third-order valence-corrected chi connectivity index (χ3v) is 2.99. The van der Waals surface area contributed by atoms with Crippen molar-refractivity contribution in [1.29, 1.82) is 0 Å². The van der Waals surface area contributed by atoms with Gasteiger partial charge in [-0.3, -0.25) is 0 Å². The van der Waals surface area contributed by atoms with Gasteiger partial charge in [0, 0.05) is 41.8 Å². The number of hydrogen-bond donors (Lipinski definition) is 3. The molecule has 0 heterocycles. The average Bonchev–Trinajstić information content (AvgIpc) is 2.26. The zero-order valence-corrected chi connectivity index (χ0v) is 11.4. The van der Waals surface area contributed by atoms with Crippen LogP contribution in [0.25, 0.3) is 0 Å². The first-order chi connectivity index (χ1) is 8.11. The summed E-state index contributed by atoms with van der Waals surface area (Å²) in [7, 11) is 0. The average molecular weight is 277 g/mol. The van der Waals surface area contributed by atoms with Gasteiger partial charge in [0.15, 0.2) is 0 Å². The van der Waals surface area contributed by atoms with Crippen molar-refractivity contribution in [2.75, 3.05) is 19.6 Å². The van der Waals surface area contributed by atoms with Gasteiger partial charge in [-0.05, 0) is 19.1 Å². The molecule has 0 bridgehead atoms. The first-order valence-electron chi connectivity index (χ1n) is 5.63. The lowest BCUT2D eigenvalue weighted by atomic mass is 10.2. The predicted octanol–water partition coefficient (Wildman–Crippen LogP) is 2.05. The number of nitrogens with one attached hydrogen (secondary N) is 2. The number of benzene rings is 1. The molecule has 0 amide bonds. The molecular formula is C12H18Cl2N2O. The predicted molar refractivity (Wildman–Crippen MR) is 72.7 cm³/mol. The largest absolute Gasteiger partial charge is 0.392 e. The van der Waals surface area contributed by atoms with Crippen molar-refractivity contribution in [2.24, 2.45) is 0 Å². The van der Waals surface area contributed by atoms with E-state index in [2.05, 4.69) is 10.6 Å². The van der Waals surface area contributed by atoms with Gasteiger partial charge in [-0.1, -0.05) is 29.3 Å². The maximum Gasteiger partial charge on any atom is 0.0636 e. The third-order valence-electron chi connectivity index (χ3n) is 2.28. The molecule has 3 N–H and O–H groups in total. The summed E-state index contributed by atoms with van der Waals surface area (Å²) in [6, 6.07) is 5.49. The third kappa shape index (κ3) is 5.70. The van der Waals surface area contributed by atoms with Gasteiger partial charge in [-0.2, -0.15) is 0 Å². The number of aliphatic hydroxyl groups excluding tert-OH is 1. The molecule has 96 valence electrons. The second kappa shape index (κ2) is 7.90. The molecule has 0 unspecified atom stereocenters. The molecule has 0 aliphatic rings. The Bertz CT molecular complexity index is 325. The summed E-state index contributed by atoms with van der Waals surface area (Å²) in [5, 5.41) is 16.8. The summed E-state index contributed by atoms with van der Waals surface area (Å²) in [5.74, 6) is 0. The molecule has 0 spiro atoms. The maximum absolute atomic E-state index is 9.04. The summed E-state index contributed by atoms with van der Waals surface area (Å²) >= 11 is 12.1. The van der Waals surface area contributed by atoms with Crippen molar-refractivity contribution in [3.05, 3.63) is 33.8 Å². The first-order valence-corrected chi connectivity index (χ1v) is 6.39. The van der Waals surface area contributed by atoms with E-state index in [1.165, 1.54) is 0 Å². The second-order valence-corrected chi connectivity index (χ2v) is 4.74. The first kappa shape index (κ1) is 14.7. The van der Waals surface area contributed by atoms with E-state index in [1.54, 1.807) is 6.92 Å². The standard InChI is InChI=1S/C12H18Cl2N2O/c1-9(17)7-15-5-6-16-8-10-11(13)3-2-4-12(10)14/h2-4,9,15-17H,5-8H2,1H3/t9-/m0/s1. The Morgan fingerprint density at radius 3 is 2.35 bits per heavy atom. The van der Waals surface area contributed by atoms with Crippen LogP contribution in [0.3, 0.4) is 0 Å². The van der Waals surface area contributed by atoms with E-state index >= 15 is 0 Å². The van der Waals surface area contributed by atoms with E-state index in [9.17, 15) is 0 Å². The molecule has 0 saturated carbocycles. The molecule has 0 aliphatic carbocycles. The number of halogens is 2. The lowest BCUT2D eigenvalue weighted by molar-refractivity contribution is 0.191. The highest BCUT2D eigenvalue weighted by molar-refractivity contribution is 6.35. The zero-order chi connectivity index (χ0) is 12.7. The minimum Gasteiger partial charge on any atom is -0.392 e. The minimum atomic E-state index is -0.312. The summed E-state index contributed by atoms with van der Waals surface area (Å²) in [4.78, 5) is 0. The monoisotopic (exact) mass is 276 g/mol. The number of aliphatic hydroxyl groups is 1. The lowest BCUT2D eigenvalue weighted by Crippen LogP contribution is -2.31. The fourth-order valence-corrected chi connectivity index (χ4v) is 1.93. The van der Waals surface area contributed by atoms with Crippen LogP contribution in [0, 0.1) is 0 Å². The fraction of sp³-hybridized carbons (Fsp3) is 0.500. The molecule has 0 aliphatic heterocycles. The second-order valence-electron chi connectivity index (χ2n) is 3.93. The van der Waals surface area contributed by atoms with Gasteiger partial charge in [0.25, 0.3) is 0 Å². The van der Waals surface area contributed by atoms with Crippen LogP contribution < -0.4 is 10.6 Å². The van der Waals surface area contributed by atoms with Gasteiger partial charge in [-0.15, -0.1) is 0 Å². The van der Waals surface area contributed by atoms with Crippen molar-refractivity contribution < 1.29 is 5.11 Å².